The first-order valence-corrected chi connectivity index (χ1v) is 41.3. The van der Waals surface area contributed by atoms with E-state index in [-0.39, 0.29) is 25.7 Å². The summed E-state index contributed by atoms with van der Waals surface area (Å²) in [7, 11) is -9.91. The van der Waals surface area contributed by atoms with Gasteiger partial charge < -0.3 is 33.8 Å². The van der Waals surface area contributed by atoms with Crippen molar-refractivity contribution < 1.29 is 80.2 Å². The Labute approximate surface area is 568 Å². The molecule has 0 rings (SSSR count). The molecule has 8 atom stereocenters. The molecule has 0 amide bonds. The normalized spacial score (nSPS) is 15.1. The van der Waals surface area contributed by atoms with E-state index >= 15 is 0 Å². The average molecular weight is 1370 g/mol. The highest BCUT2D eigenvalue weighted by Gasteiger charge is 2.30. The van der Waals surface area contributed by atoms with Crippen LogP contribution in [0.1, 0.15) is 370 Å². The van der Waals surface area contributed by atoms with Gasteiger partial charge in [-0.15, -0.1) is 0 Å². The van der Waals surface area contributed by atoms with Crippen molar-refractivity contribution in [2.75, 3.05) is 39.6 Å². The summed E-state index contributed by atoms with van der Waals surface area (Å²) in [6, 6.07) is 0. The molecule has 0 aliphatic rings. The Kier molecular flexibility index (Phi) is 62.2. The number of esters is 4. The van der Waals surface area contributed by atoms with Crippen LogP contribution in [0.5, 0.6) is 0 Å². The van der Waals surface area contributed by atoms with Gasteiger partial charge in [-0.05, 0) is 49.4 Å². The number of hydrogen-bond acceptors (Lipinski definition) is 15. The lowest BCUT2D eigenvalue weighted by molar-refractivity contribution is -0.161. The Bertz CT molecular complexity index is 1840. The van der Waals surface area contributed by atoms with Gasteiger partial charge in [-0.25, -0.2) is 9.13 Å². The third kappa shape index (κ3) is 64.5. The van der Waals surface area contributed by atoms with E-state index in [1.807, 2.05) is 0 Å². The largest absolute Gasteiger partial charge is 0.472 e. The van der Waals surface area contributed by atoms with Gasteiger partial charge in [-0.3, -0.25) is 37.3 Å². The van der Waals surface area contributed by atoms with Crippen molar-refractivity contribution >= 4 is 39.5 Å². The minimum absolute atomic E-state index is 0.102. The second kappa shape index (κ2) is 63.5. The number of phosphoric acid groups is 2. The first kappa shape index (κ1) is 91.1. The SMILES string of the molecule is CCC(C)CCCCCCCCCCC(=O)OC[C@H](COP(=O)(O)OC[C@@H](O)COP(=O)(O)OC[C@@H](COC(=O)CCCCCCCCC(C)CC)OC(=O)CCCCCCCCCCCCCCCCCCCCC(C)C)OC(=O)CCCCCCCCC(C)CC. The van der Waals surface area contributed by atoms with E-state index in [9.17, 15) is 43.2 Å². The van der Waals surface area contributed by atoms with Gasteiger partial charge in [0.2, 0.25) is 0 Å². The molecule has 5 unspecified atom stereocenters. The number of rotatable bonds is 71. The lowest BCUT2D eigenvalue weighted by Crippen LogP contribution is -2.30. The van der Waals surface area contributed by atoms with Gasteiger partial charge in [0.1, 0.15) is 19.3 Å². The highest BCUT2D eigenvalue weighted by molar-refractivity contribution is 7.47. The van der Waals surface area contributed by atoms with Gasteiger partial charge in [-0.2, -0.15) is 0 Å². The van der Waals surface area contributed by atoms with Crippen molar-refractivity contribution in [2.45, 2.75) is 388 Å². The van der Waals surface area contributed by atoms with E-state index in [0.29, 0.717) is 25.7 Å². The summed E-state index contributed by atoms with van der Waals surface area (Å²) in [6.07, 6.45) is 47.4. The summed E-state index contributed by atoms with van der Waals surface area (Å²) in [4.78, 5) is 72.6. The van der Waals surface area contributed by atoms with E-state index in [1.165, 1.54) is 167 Å². The molecule has 3 N–H and O–H groups in total. The molecule has 17 nitrogen and oxygen atoms in total. The lowest BCUT2D eigenvalue weighted by Gasteiger charge is -2.21. The maximum Gasteiger partial charge on any atom is 0.472 e. The van der Waals surface area contributed by atoms with Crippen molar-refractivity contribution in [3.05, 3.63) is 0 Å². The van der Waals surface area contributed by atoms with Crippen molar-refractivity contribution in [3.63, 3.8) is 0 Å². The van der Waals surface area contributed by atoms with Gasteiger partial charge in [0.25, 0.3) is 0 Å². The summed E-state index contributed by atoms with van der Waals surface area (Å²) in [6.45, 7) is 14.1. The molecule has 552 valence electrons. The molecule has 0 bridgehead atoms. The topological polar surface area (TPSA) is 237 Å². The number of carbonyl (C=O) groups excluding carboxylic acids is 4. The van der Waals surface area contributed by atoms with E-state index in [4.69, 9.17) is 37.0 Å². The molecule has 0 aromatic rings. The Morgan fingerprint density at radius 1 is 0.301 bits per heavy atom. The maximum atomic E-state index is 13.0. The monoisotopic (exact) mass is 1370 g/mol. The highest BCUT2D eigenvalue weighted by Crippen LogP contribution is 2.45. The van der Waals surface area contributed by atoms with E-state index in [2.05, 4.69) is 55.4 Å². The summed E-state index contributed by atoms with van der Waals surface area (Å²) < 4.78 is 68.4. The fourth-order valence-corrected chi connectivity index (χ4v) is 12.7. The number of carbonyl (C=O) groups is 4. The Hall–Kier alpha value is -1.94. The van der Waals surface area contributed by atoms with Crippen LogP contribution in [0.4, 0.5) is 0 Å². The van der Waals surface area contributed by atoms with Crippen LogP contribution in [-0.4, -0.2) is 96.7 Å². The zero-order chi connectivity index (χ0) is 68.9. The molecule has 19 heteroatoms. The minimum Gasteiger partial charge on any atom is -0.462 e. The molecule has 0 fully saturated rings. The van der Waals surface area contributed by atoms with Crippen LogP contribution in [0.15, 0.2) is 0 Å². The Morgan fingerprint density at radius 3 is 0.763 bits per heavy atom. The van der Waals surface area contributed by atoms with Crippen LogP contribution >= 0.6 is 15.6 Å². The number of unbranched alkanes of at least 4 members (excludes halogenated alkanes) is 34. The second-order valence-electron chi connectivity index (χ2n) is 27.9. The van der Waals surface area contributed by atoms with Gasteiger partial charge in [-0.1, -0.05) is 319 Å². The molecular weight excluding hydrogens is 1220 g/mol. The molecule has 0 aromatic carbocycles. The molecular formula is C74H144O17P2. The fourth-order valence-electron chi connectivity index (χ4n) is 11.1. The van der Waals surface area contributed by atoms with Crippen molar-refractivity contribution in [1.29, 1.82) is 0 Å². The number of ether oxygens (including phenoxy) is 4. The quantitative estimate of drug-likeness (QED) is 0.0222. The van der Waals surface area contributed by atoms with Crippen LogP contribution in [-0.2, 0) is 65.4 Å². The van der Waals surface area contributed by atoms with Crippen molar-refractivity contribution in [2.24, 2.45) is 23.7 Å². The van der Waals surface area contributed by atoms with Gasteiger partial charge in [0, 0.05) is 25.7 Å². The number of hydrogen-bond donors (Lipinski definition) is 3. The van der Waals surface area contributed by atoms with E-state index in [0.717, 1.165) is 120 Å². The Balaban J connectivity index is 5.18. The number of aliphatic hydroxyl groups is 1. The average Bonchev–Trinajstić information content (AvgIpc) is 3.42. The first-order valence-electron chi connectivity index (χ1n) is 38.3. The standard InChI is InChI=1S/C74H144O17P2/c1-9-65(6)51-43-35-27-24-25-28-38-46-54-71(76)84-60-70(91-74(79)57-49-41-33-31-37-45-53-67(8)11-3)63-89-93(82,83)87-59-68(75)58-86-92(80,81)88-62-69(61-85-72(77)55-47-39-32-30-36-44-52-66(7)10-2)90-73(78)56-48-40-29-23-21-19-17-15-13-12-14-16-18-20-22-26-34-42-50-64(4)5/h64-70,75H,9-63H2,1-8H3,(H,80,81)(H,82,83)/t65?,66?,67?,68-,69+,70+/m0/s1. The fraction of sp³-hybridized carbons (Fsp3) is 0.946. The molecule has 0 heterocycles. The summed E-state index contributed by atoms with van der Waals surface area (Å²) in [5.74, 6) is 0.920. The third-order valence-electron chi connectivity index (χ3n) is 18.2. The van der Waals surface area contributed by atoms with Crippen LogP contribution in [0.25, 0.3) is 0 Å². The van der Waals surface area contributed by atoms with Crippen LogP contribution in [0, 0.1) is 23.7 Å². The van der Waals surface area contributed by atoms with Crippen LogP contribution < -0.4 is 0 Å². The Morgan fingerprint density at radius 2 is 0.516 bits per heavy atom. The van der Waals surface area contributed by atoms with Gasteiger partial charge >= 0.3 is 39.5 Å². The lowest BCUT2D eigenvalue weighted by atomic mass is 9.99. The maximum absolute atomic E-state index is 13.0. The second-order valence-corrected chi connectivity index (χ2v) is 30.8. The van der Waals surface area contributed by atoms with E-state index < -0.39 is 97.5 Å². The zero-order valence-corrected chi connectivity index (χ0v) is 62.7. The van der Waals surface area contributed by atoms with Crippen molar-refractivity contribution in [1.82, 2.24) is 0 Å². The molecule has 0 aliphatic heterocycles. The van der Waals surface area contributed by atoms with E-state index in [1.54, 1.807) is 0 Å². The molecule has 0 aliphatic carbocycles. The molecule has 0 saturated heterocycles. The number of aliphatic hydroxyl groups excluding tert-OH is 1. The van der Waals surface area contributed by atoms with Crippen LogP contribution in [0.3, 0.4) is 0 Å². The third-order valence-corrected chi connectivity index (χ3v) is 20.1. The predicted octanol–water partition coefficient (Wildman–Crippen LogP) is 21.3. The molecule has 0 spiro atoms. The number of phosphoric ester groups is 2. The molecule has 0 aromatic heterocycles. The van der Waals surface area contributed by atoms with Crippen LogP contribution in [0.2, 0.25) is 0 Å². The van der Waals surface area contributed by atoms with Gasteiger partial charge in [0.05, 0.1) is 26.4 Å². The molecule has 0 radical (unpaired) electrons. The molecule has 0 saturated carbocycles. The van der Waals surface area contributed by atoms with Gasteiger partial charge in [0.15, 0.2) is 12.2 Å². The summed E-state index contributed by atoms with van der Waals surface area (Å²) in [5.41, 5.74) is 0. The molecule has 93 heavy (non-hydrogen) atoms. The first-order chi connectivity index (χ1) is 44.7. The summed E-state index contributed by atoms with van der Waals surface area (Å²) >= 11 is 0. The zero-order valence-electron chi connectivity index (χ0n) is 60.9. The predicted molar refractivity (Wildman–Crippen MR) is 377 cm³/mol. The summed E-state index contributed by atoms with van der Waals surface area (Å²) in [5, 5.41) is 10.6. The highest BCUT2D eigenvalue weighted by atomic mass is 31.2. The minimum atomic E-state index is -4.96. The smallest absolute Gasteiger partial charge is 0.462 e. The van der Waals surface area contributed by atoms with Crippen molar-refractivity contribution in [3.8, 4) is 0 Å².